The highest BCUT2D eigenvalue weighted by atomic mass is 16.2. The Bertz CT molecular complexity index is 1070. The van der Waals surface area contributed by atoms with E-state index in [0.717, 1.165) is 11.1 Å². The Kier molecular flexibility index (Phi) is 6.24. The first-order valence-electron chi connectivity index (χ1n) is 9.34. The highest BCUT2D eigenvalue weighted by molar-refractivity contribution is 5.97. The molecule has 0 bridgehead atoms. The average molecular weight is 389 g/mol. The van der Waals surface area contributed by atoms with Crippen LogP contribution in [0.1, 0.15) is 34.1 Å². The molecule has 0 aliphatic heterocycles. The summed E-state index contributed by atoms with van der Waals surface area (Å²) in [5.41, 5.74) is 2.52. The zero-order valence-electron chi connectivity index (χ0n) is 16.4. The molecule has 0 saturated carbocycles. The van der Waals surface area contributed by atoms with E-state index in [1.54, 1.807) is 6.92 Å². The standard InChI is InChI=1S/C23H23N3O3/c1-16-20(22(28)24-14-18-9-5-3-6-10-18)13-21(25-17(2)27)23(29)26(16)15-19-11-7-4-8-12-19/h3-13H,14-15H2,1-2H3,(H,24,28)(H,25,27). The van der Waals surface area contributed by atoms with Crippen LogP contribution >= 0.6 is 0 Å². The predicted molar refractivity (Wildman–Crippen MR) is 113 cm³/mol. The Labute approximate surface area is 169 Å². The lowest BCUT2D eigenvalue weighted by Crippen LogP contribution is -2.32. The summed E-state index contributed by atoms with van der Waals surface area (Å²) in [4.78, 5) is 37.3. The Morgan fingerprint density at radius 1 is 0.931 bits per heavy atom. The lowest BCUT2D eigenvalue weighted by Gasteiger charge is -2.17. The topological polar surface area (TPSA) is 80.2 Å². The minimum absolute atomic E-state index is 0.0869. The van der Waals surface area contributed by atoms with Crippen molar-refractivity contribution in [2.75, 3.05) is 5.32 Å². The summed E-state index contributed by atoms with van der Waals surface area (Å²) < 4.78 is 1.51. The Balaban J connectivity index is 1.96. The van der Waals surface area contributed by atoms with Gasteiger partial charge >= 0.3 is 0 Å². The zero-order chi connectivity index (χ0) is 20.8. The molecular formula is C23H23N3O3. The molecule has 148 valence electrons. The van der Waals surface area contributed by atoms with Gasteiger partial charge in [0.15, 0.2) is 0 Å². The number of nitrogens with one attached hydrogen (secondary N) is 2. The SMILES string of the molecule is CC(=O)Nc1cc(C(=O)NCc2ccccc2)c(C)n(Cc2ccccc2)c1=O. The molecule has 0 aliphatic rings. The van der Waals surface area contributed by atoms with Crippen molar-refractivity contribution < 1.29 is 9.59 Å². The van der Waals surface area contributed by atoms with Crippen LogP contribution in [0.5, 0.6) is 0 Å². The Morgan fingerprint density at radius 2 is 1.52 bits per heavy atom. The highest BCUT2D eigenvalue weighted by Crippen LogP contribution is 2.14. The first-order valence-corrected chi connectivity index (χ1v) is 9.34. The molecule has 0 aliphatic carbocycles. The van der Waals surface area contributed by atoms with Crippen LogP contribution in [0.2, 0.25) is 0 Å². The molecular weight excluding hydrogens is 366 g/mol. The molecule has 0 unspecified atom stereocenters. The molecule has 1 aromatic heterocycles. The van der Waals surface area contributed by atoms with Crippen LogP contribution in [0.15, 0.2) is 71.5 Å². The van der Waals surface area contributed by atoms with E-state index in [1.165, 1.54) is 17.6 Å². The molecule has 3 rings (SSSR count). The number of hydrogen-bond donors (Lipinski definition) is 2. The lowest BCUT2D eigenvalue weighted by molar-refractivity contribution is -0.114. The number of nitrogens with zero attached hydrogens (tertiary/aromatic N) is 1. The molecule has 0 atom stereocenters. The number of pyridine rings is 1. The maximum atomic E-state index is 12.9. The van der Waals surface area contributed by atoms with Crippen LogP contribution in [0.4, 0.5) is 5.69 Å². The van der Waals surface area contributed by atoms with E-state index < -0.39 is 0 Å². The third-order valence-corrected chi connectivity index (χ3v) is 4.59. The molecule has 0 radical (unpaired) electrons. The van der Waals surface area contributed by atoms with E-state index in [2.05, 4.69) is 10.6 Å². The summed E-state index contributed by atoms with van der Waals surface area (Å²) in [6, 6.07) is 20.5. The van der Waals surface area contributed by atoms with Crippen molar-refractivity contribution in [1.29, 1.82) is 0 Å². The number of aromatic nitrogens is 1. The van der Waals surface area contributed by atoms with Gasteiger partial charge in [-0.3, -0.25) is 14.4 Å². The zero-order valence-corrected chi connectivity index (χ0v) is 16.4. The van der Waals surface area contributed by atoms with Crippen molar-refractivity contribution in [2.24, 2.45) is 0 Å². The predicted octanol–water partition coefficient (Wildman–Crippen LogP) is 3.09. The van der Waals surface area contributed by atoms with Gasteiger partial charge in [0, 0.05) is 19.2 Å². The molecule has 6 nitrogen and oxygen atoms in total. The van der Waals surface area contributed by atoms with Gasteiger partial charge in [-0.05, 0) is 24.1 Å². The van der Waals surface area contributed by atoms with Crippen molar-refractivity contribution in [2.45, 2.75) is 26.9 Å². The van der Waals surface area contributed by atoms with Gasteiger partial charge in [0.2, 0.25) is 5.91 Å². The minimum atomic E-state index is -0.368. The lowest BCUT2D eigenvalue weighted by atomic mass is 10.1. The number of hydrogen-bond acceptors (Lipinski definition) is 3. The molecule has 2 amide bonds. The number of benzene rings is 2. The van der Waals surface area contributed by atoms with Gasteiger partial charge in [0.25, 0.3) is 11.5 Å². The van der Waals surface area contributed by atoms with E-state index in [1.807, 2.05) is 60.7 Å². The molecule has 29 heavy (non-hydrogen) atoms. The summed E-state index contributed by atoms with van der Waals surface area (Å²) in [6.45, 7) is 3.74. The van der Waals surface area contributed by atoms with Crippen LogP contribution in [-0.4, -0.2) is 16.4 Å². The van der Waals surface area contributed by atoms with Crippen LogP contribution in [0.25, 0.3) is 0 Å². The van der Waals surface area contributed by atoms with Crippen molar-refractivity contribution in [1.82, 2.24) is 9.88 Å². The average Bonchev–Trinajstić information content (AvgIpc) is 2.72. The molecule has 2 aromatic carbocycles. The largest absolute Gasteiger partial charge is 0.348 e. The van der Waals surface area contributed by atoms with Gasteiger partial charge in [-0.2, -0.15) is 0 Å². The van der Waals surface area contributed by atoms with Gasteiger partial charge in [-0.1, -0.05) is 60.7 Å². The van der Waals surface area contributed by atoms with Gasteiger partial charge in [0.1, 0.15) is 5.69 Å². The van der Waals surface area contributed by atoms with Crippen molar-refractivity contribution in [3.8, 4) is 0 Å². The van der Waals surface area contributed by atoms with Gasteiger partial charge in [-0.15, -0.1) is 0 Å². The first kappa shape index (κ1) is 20.1. The molecule has 0 fully saturated rings. The van der Waals surface area contributed by atoms with E-state index in [9.17, 15) is 14.4 Å². The number of amides is 2. The number of anilines is 1. The smallest absolute Gasteiger partial charge is 0.274 e. The van der Waals surface area contributed by atoms with E-state index in [0.29, 0.717) is 24.3 Å². The number of carbonyl (C=O) groups excluding carboxylic acids is 2. The molecule has 3 aromatic rings. The number of carbonyl (C=O) groups is 2. The van der Waals surface area contributed by atoms with Crippen molar-refractivity contribution in [3.63, 3.8) is 0 Å². The van der Waals surface area contributed by atoms with Gasteiger partial charge in [0.05, 0.1) is 12.1 Å². The minimum Gasteiger partial charge on any atom is -0.348 e. The van der Waals surface area contributed by atoms with Crippen LogP contribution in [0.3, 0.4) is 0 Å². The fourth-order valence-electron chi connectivity index (χ4n) is 3.09. The summed E-state index contributed by atoms with van der Waals surface area (Å²) >= 11 is 0. The molecule has 2 N–H and O–H groups in total. The summed E-state index contributed by atoms with van der Waals surface area (Å²) in [5, 5.41) is 5.42. The fourth-order valence-corrected chi connectivity index (χ4v) is 3.09. The summed E-state index contributed by atoms with van der Waals surface area (Å²) in [5.74, 6) is -0.673. The summed E-state index contributed by atoms with van der Waals surface area (Å²) in [6.07, 6.45) is 0. The molecule has 6 heteroatoms. The van der Waals surface area contributed by atoms with Gasteiger partial charge in [-0.25, -0.2) is 0 Å². The second kappa shape index (κ2) is 9.01. The van der Waals surface area contributed by atoms with Crippen molar-refractivity contribution >= 4 is 17.5 Å². The molecule has 0 spiro atoms. The normalized spacial score (nSPS) is 10.4. The number of rotatable bonds is 6. The van der Waals surface area contributed by atoms with Gasteiger partial charge < -0.3 is 15.2 Å². The summed E-state index contributed by atoms with van der Waals surface area (Å²) in [7, 11) is 0. The second-order valence-corrected chi connectivity index (χ2v) is 6.78. The maximum absolute atomic E-state index is 12.9. The Hall–Kier alpha value is -3.67. The van der Waals surface area contributed by atoms with Crippen molar-refractivity contribution in [3.05, 3.63) is 99.5 Å². The quantitative estimate of drug-likeness (QED) is 0.680. The van der Waals surface area contributed by atoms with Crippen LogP contribution in [0, 0.1) is 6.92 Å². The second-order valence-electron chi connectivity index (χ2n) is 6.78. The third-order valence-electron chi connectivity index (χ3n) is 4.59. The van der Waals surface area contributed by atoms with Crippen LogP contribution < -0.4 is 16.2 Å². The maximum Gasteiger partial charge on any atom is 0.274 e. The van der Waals surface area contributed by atoms with E-state index >= 15 is 0 Å². The first-order chi connectivity index (χ1) is 14.0. The molecule has 0 saturated heterocycles. The highest BCUT2D eigenvalue weighted by Gasteiger charge is 2.18. The Morgan fingerprint density at radius 3 is 2.10 bits per heavy atom. The monoisotopic (exact) mass is 389 g/mol. The van der Waals surface area contributed by atoms with E-state index in [4.69, 9.17) is 0 Å². The van der Waals surface area contributed by atoms with E-state index in [-0.39, 0.29) is 23.1 Å². The fraction of sp³-hybridized carbons (Fsp3) is 0.174. The van der Waals surface area contributed by atoms with Crippen LogP contribution in [-0.2, 0) is 17.9 Å². The third kappa shape index (κ3) is 4.99. The molecule has 1 heterocycles.